The van der Waals surface area contributed by atoms with Gasteiger partial charge in [0.15, 0.2) is 0 Å². The Morgan fingerprint density at radius 2 is 1.71 bits per heavy atom. The number of hydrogen-bond donors (Lipinski definition) is 0. The average Bonchev–Trinajstić information content (AvgIpc) is 2.16. The summed E-state index contributed by atoms with van der Waals surface area (Å²) in [5.74, 6) is 0. The van der Waals surface area contributed by atoms with E-state index < -0.39 is 0 Å². The van der Waals surface area contributed by atoms with Gasteiger partial charge in [-0.25, -0.2) is 0 Å². The van der Waals surface area contributed by atoms with E-state index in [0.29, 0.717) is 0 Å². The molecule has 0 aliphatic heterocycles. The Morgan fingerprint density at radius 1 is 1.21 bits per heavy atom. The molecule has 0 aromatic carbocycles. The van der Waals surface area contributed by atoms with Gasteiger partial charge in [-0.1, -0.05) is 6.92 Å². The van der Waals surface area contributed by atoms with Crippen LogP contribution in [0.3, 0.4) is 0 Å². The molecule has 0 N–H and O–H groups in total. The number of amides is 1. The molecule has 0 rings (SSSR count). The summed E-state index contributed by atoms with van der Waals surface area (Å²) in [6.07, 6.45) is 1.97. The van der Waals surface area contributed by atoms with Crippen molar-refractivity contribution >= 4 is 6.41 Å². The van der Waals surface area contributed by atoms with E-state index in [2.05, 4.69) is 18.9 Å². The monoisotopic (exact) mass is 204 g/mol. The summed E-state index contributed by atoms with van der Waals surface area (Å²) < 4.78 is 4.92. The first kappa shape index (κ1) is 15.8. The average molecular weight is 204 g/mol. The number of ether oxygens (including phenoxy) is 1. The molecule has 86 valence electrons. The van der Waals surface area contributed by atoms with E-state index in [4.69, 9.17) is 4.74 Å². The smallest absolute Gasteiger partial charge is 0.209 e. The third-order valence-electron chi connectivity index (χ3n) is 1.49. The van der Waals surface area contributed by atoms with Gasteiger partial charge in [0.25, 0.3) is 0 Å². The van der Waals surface area contributed by atoms with Gasteiger partial charge in [-0.3, -0.25) is 4.79 Å². The summed E-state index contributed by atoms with van der Waals surface area (Å²) in [4.78, 5) is 13.1. The van der Waals surface area contributed by atoms with Crippen LogP contribution in [0.1, 0.15) is 13.3 Å². The molecule has 0 saturated heterocycles. The zero-order valence-electron chi connectivity index (χ0n) is 10.1. The molecule has 1 amide bonds. The van der Waals surface area contributed by atoms with Crippen LogP contribution in [0.2, 0.25) is 0 Å². The highest BCUT2D eigenvalue weighted by atomic mass is 16.5. The lowest BCUT2D eigenvalue weighted by Crippen LogP contribution is -2.23. The van der Waals surface area contributed by atoms with Crippen LogP contribution in [0.25, 0.3) is 0 Å². The maximum atomic E-state index is 9.43. The molecule has 0 aliphatic rings. The summed E-state index contributed by atoms with van der Waals surface area (Å²) in [5.41, 5.74) is 0. The topological polar surface area (TPSA) is 32.8 Å². The van der Waals surface area contributed by atoms with Crippen LogP contribution in [0.4, 0.5) is 0 Å². The molecule has 0 saturated carbocycles. The molecular weight excluding hydrogens is 180 g/mol. The number of methoxy groups -OCH3 is 1. The van der Waals surface area contributed by atoms with E-state index in [1.165, 1.54) is 17.9 Å². The SMILES string of the molecule is CCCN(C)CCOC.CN(C)C=O. The maximum Gasteiger partial charge on any atom is 0.209 e. The van der Waals surface area contributed by atoms with Crippen molar-refractivity contribution in [3.8, 4) is 0 Å². The Labute approximate surface area is 87.8 Å². The lowest BCUT2D eigenvalue weighted by Gasteiger charge is -2.13. The van der Waals surface area contributed by atoms with Crippen molar-refractivity contribution in [2.75, 3.05) is 47.9 Å². The molecule has 0 radical (unpaired) electrons. The van der Waals surface area contributed by atoms with Crippen LogP contribution in [0.5, 0.6) is 0 Å². The lowest BCUT2D eigenvalue weighted by atomic mass is 10.4. The largest absolute Gasteiger partial charge is 0.383 e. The van der Waals surface area contributed by atoms with E-state index in [9.17, 15) is 4.79 Å². The summed E-state index contributed by atoms with van der Waals surface area (Å²) in [7, 11) is 7.22. The summed E-state index contributed by atoms with van der Waals surface area (Å²) in [6.45, 7) is 5.24. The van der Waals surface area contributed by atoms with Crippen LogP contribution >= 0.6 is 0 Å². The Hall–Kier alpha value is -0.610. The van der Waals surface area contributed by atoms with E-state index in [-0.39, 0.29) is 0 Å². The highest BCUT2D eigenvalue weighted by Crippen LogP contribution is 1.84. The third-order valence-corrected chi connectivity index (χ3v) is 1.49. The fourth-order valence-corrected chi connectivity index (χ4v) is 0.741. The van der Waals surface area contributed by atoms with Crippen molar-refractivity contribution < 1.29 is 9.53 Å². The molecular formula is C10H24N2O2. The van der Waals surface area contributed by atoms with Crippen LogP contribution < -0.4 is 0 Å². The van der Waals surface area contributed by atoms with Crippen LogP contribution in [-0.2, 0) is 9.53 Å². The van der Waals surface area contributed by atoms with Crippen LogP contribution in [0.15, 0.2) is 0 Å². The highest BCUT2D eigenvalue weighted by Gasteiger charge is 1.92. The van der Waals surface area contributed by atoms with Gasteiger partial charge in [-0.15, -0.1) is 0 Å². The minimum Gasteiger partial charge on any atom is -0.383 e. The second-order valence-corrected chi connectivity index (χ2v) is 3.37. The van der Waals surface area contributed by atoms with Crippen molar-refractivity contribution in [2.45, 2.75) is 13.3 Å². The molecule has 0 atom stereocenters. The molecule has 0 fully saturated rings. The van der Waals surface area contributed by atoms with Gasteiger partial charge in [-0.05, 0) is 20.0 Å². The first-order valence-corrected chi connectivity index (χ1v) is 4.87. The number of carbonyl (C=O) groups excluding carboxylic acids is 1. The number of hydrogen-bond acceptors (Lipinski definition) is 3. The van der Waals surface area contributed by atoms with Crippen molar-refractivity contribution in [3.63, 3.8) is 0 Å². The highest BCUT2D eigenvalue weighted by molar-refractivity contribution is 5.45. The van der Waals surface area contributed by atoms with Gasteiger partial charge >= 0.3 is 0 Å². The Bertz CT molecular complexity index is 119. The van der Waals surface area contributed by atoms with Crippen molar-refractivity contribution in [1.29, 1.82) is 0 Å². The molecule has 4 nitrogen and oxygen atoms in total. The molecule has 0 aromatic heterocycles. The Balaban J connectivity index is 0. The number of likely N-dealkylation sites (N-methyl/N-ethyl adjacent to an activating group) is 1. The fraction of sp³-hybridized carbons (Fsp3) is 0.900. The molecule has 0 aromatic rings. The molecule has 4 heteroatoms. The molecule has 0 bridgehead atoms. The summed E-state index contributed by atoms with van der Waals surface area (Å²) >= 11 is 0. The first-order valence-electron chi connectivity index (χ1n) is 4.87. The normalized spacial score (nSPS) is 9.29. The van der Waals surface area contributed by atoms with Crippen molar-refractivity contribution in [3.05, 3.63) is 0 Å². The van der Waals surface area contributed by atoms with Gasteiger partial charge in [0, 0.05) is 27.7 Å². The first-order chi connectivity index (χ1) is 6.58. The van der Waals surface area contributed by atoms with E-state index >= 15 is 0 Å². The minimum absolute atomic E-state index is 0.750. The molecule has 0 unspecified atom stereocenters. The summed E-state index contributed by atoms with van der Waals surface area (Å²) in [6, 6.07) is 0. The van der Waals surface area contributed by atoms with Crippen molar-refractivity contribution in [2.24, 2.45) is 0 Å². The van der Waals surface area contributed by atoms with E-state index in [0.717, 1.165) is 19.6 Å². The summed E-state index contributed by atoms with van der Waals surface area (Å²) in [5, 5.41) is 0. The number of carbonyl (C=O) groups is 1. The van der Waals surface area contributed by atoms with Crippen molar-refractivity contribution in [1.82, 2.24) is 9.80 Å². The molecule has 0 spiro atoms. The zero-order valence-corrected chi connectivity index (χ0v) is 10.1. The maximum absolute atomic E-state index is 9.43. The van der Waals surface area contributed by atoms with Gasteiger partial charge in [0.1, 0.15) is 0 Å². The van der Waals surface area contributed by atoms with Crippen LogP contribution in [0, 0.1) is 0 Å². The second kappa shape index (κ2) is 12.4. The van der Waals surface area contributed by atoms with Gasteiger partial charge < -0.3 is 14.5 Å². The standard InChI is InChI=1S/C7H17NO.C3H7NO/c1-4-5-8(2)6-7-9-3;1-4(2)3-5/h4-7H2,1-3H3;3H,1-2H3. The quantitative estimate of drug-likeness (QED) is 0.596. The van der Waals surface area contributed by atoms with Gasteiger partial charge in [0.2, 0.25) is 6.41 Å². The number of rotatable bonds is 6. The third kappa shape index (κ3) is 17.5. The fourth-order valence-electron chi connectivity index (χ4n) is 0.741. The lowest BCUT2D eigenvalue weighted by molar-refractivity contribution is -0.115. The minimum atomic E-state index is 0.750. The van der Waals surface area contributed by atoms with Crippen LogP contribution in [-0.4, -0.2) is 64.2 Å². The van der Waals surface area contributed by atoms with E-state index in [1.807, 2.05) is 0 Å². The van der Waals surface area contributed by atoms with E-state index in [1.54, 1.807) is 21.2 Å². The van der Waals surface area contributed by atoms with Gasteiger partial charge in [-0.2, -0.15) is 0 Å². The second-order valence-electron chi connectivity index (χ2n) is 3.37. The number of nitrogens with zero attached hydrogens (tertiary/aromatic N) is 2. The molecule has 0 aliphatic carbocycles. The predicted molar refractivity (Wildman–Crippen MR) is 59.4 cm³/mol. The predicted octanol–water partition coefficient (Wildman–Crippen LogP) is 0.679. The molecule has 0 heterocycles. The zero-order chi connectivity index (χ0) is 11.4. The molecule has 14 heavy (non-hydrogen) atoms. The Kier molecular flexibility index (Phi) is 14.0. The Morgan fingerprint density at radius 3 is 2.00 bits per heavy atom. The van der Waals surface area contributed by atoms with Gasteiger partial charge in [0.05, 0.1) is 6.61 Å².